The van der Waals surface area contributed by atoms with Crippen molar-refractivity contribution in [2.75, 3.05) is 6.61 Å². The summed E-state index contributed by atoms with van der Waals surface area (Å²) in [6, 6.07) is 3.94. The van der Waals surface area contributed by atoms with Gasteiger partial charge < -0.3 is 9.72 Å². The zero-order valence-corrected chi connectivity index (χ0v) is 9.85. The topological polar surface area (TPSA) is 50.8 Å². The van der Waals surface area contributed by atoms with E-state index in [1.54, 1.807) is 6.20 Å². The molecule has 3 rings (SSSR count). The highest BCUT2D eigenvalue weighted by atomic mass is 16.5. The molecule has 1 aliphatic rings. The van der Waals surface area contributed by atoms with E-state index in [0.29, 0.717) is 6.10 Å². The van der Waals surface area contributed by atoms with Gasteiger partial charge in [-0.1, -0.05) is 0 Å². The Morgan fingerprint density at radius 2 is 2.41 bits per heavy atom. The summed E-state index contributed by atoms with van der Waals surface area (Å²) in [6.07, 6.45) is 7.90. The Morgan fingerprint density at radius 1 is 1.41 bits per heavy atom. The van der Waals surface area contributed by atoms with Gasteiger partial charge in [0.25, 0.3) is 0 Å². The van der Waals surface area contributed by atoms with Crippen LogP contribution in [0.4, 0.5) is 0 Å². The van der Waals surface area contributed by atoms with E-state index < -0.39 is 0 Å². The van der Waals surface area contributed by atoms with Gasteiger partial charge in [0.2, 0.25) is 0 Å². The lowest BCUT2D eigenvalue weighted by molar-refractivity contribution is 0.0112. The molecule has 1 N–H and O–H groups in total. The molecule has 1 fully saturated rings. The van der Waals surface area contributed by atoms with Crippen LogP contribution in [0.1, 0.15) is 31.5 Å². The predicted octanol–water partition coefficient (Wildman–Crippen LogP) is 2.46. The van der Waals surface area contributed by atoms with Crippen molar-refractivity contribution in [3.05, 3.63) is 24.2 Å². The molecule has 1 unspecified atom stereocenters. The van der Waals surface area contributed by atoms with Crippen LogP contribution < -0.4 is 0 Å². The number of aromatic nitrogens is 3. The molecule has 0 aromatic carbocycles. The maximum Gasteiger partial charge on any atom is 0.177 e. The van der Waals surface area contributed by atoms with E-state index in [0.717, 1.165) is 36.4 Å². The molecular formula is C13H17N3O. The normalized spacial score (nSPS) is 20.8. The highest BCUT2D eigenvalue weighted by Gasteiger charge is 2.14. The van der Waals surface area contributed by atoms with E-state index in [9.17, 15) is 0 Å². The molecule has 1 saturated heterocycles. The van der Waals surface area contributed by atoms with Gasteiger partial charge in [0.1, 0.15) is 5.82 Å². The number of imidazole rings is 1. The first-order valence-electron chi connectivity index (χ1n) is 6.33. The Balaban J connectivity index is 1.64. The van der Waals surface area contributed by atoms with Gasteiger partial charge in [-0.15, -0.1) is 0 Å². The first kappa shape index (κ1) is 10.7. The fourth-order valence-corrected chi connectivity index (χ4v) is 2.35. The lowest BCUT2D eigenvalue weighted by Crippen LogP contribution is -2.19. The monoisotopic (exact) mass is 231 g/mol. The molecule has 0 amide bonds. The molecule has 1 atom stereocenters. The van der Waals surface area contributed by atoms with Crippen LogP contribution in [0.15, 0.2) is 18.3 Å². The second-order valence-electron chi connectivity index (χ2n) is 4.59. The van der Waals surface area contributed by atoms with Gasteiger partial charge in [-0.3, -0.25) is 0 Å². The van der Waals surface area contributed by atoms with Gasteiger partial charge in [-0.2, -0.15) is 0 Å². The highest BCUT2D eigenvalue weighted by molar-refractivity contribution is 5.69. The summed E-state index contributed by atoms with van der Waals surface area (Å²) in [6.45, 7) is 0.923. The summed E-state index contributed by atoms with van der Waals surface area (Å²) < 4.78 is 5.72. The molecular weight excluding hydrogens is 214 g/mol. The highest BCUT2D eigenvalue weighted by Crippen LogP contribution is 2.17. The van der Waals surface area contributed by atoms with Crippen LogP contribution in [0.5, 0.6) is 0 Å². The van der Waals surface area contributed by atoms with Crippen molar-refractivity contribution in [3.63, 3.8) is 0 Å². The number of nitrogens with one attached hydrogen (secondary N) is 1. The Labute approximate surface area is 100 Å². The van der Waals surface area contributed by atoms with Gasteiger partial charge >= 0.3 is 0 Å². The van der Waals surface area contributed by atoms with Crippen molar-refractivity contribution in [1.82, 2.24) is 15.0 Å². The average Bonchev–Trinajstić information content (AvgIpc) is 2.80. The first-order valence-corrected chi connectivity index (χ1v) is 6.33. The molecule has 0 bridgehead atoms. The van der Waals surface area contributed by atoms with Crippen molar-refractivity contribution in [1.29, 1.82) is 0 Å². The van der Waals surface area contributed by atoms with Gasteiger partial charge in [0.15, 0.2) is 5.65 Å². The Bertz CT molecular complexity index is 455. The number of H-pyrrole nitrogens is 1. The lowest BCUT2D eigenvalue weighted by Gasteiger charge is -2.21. The SMILES string of the molecule is c1cnc2nc(CCC3CCCCO3)[nH]c2c1. The zero-order valence-electron chi connectivity index (χ0n) is 9.85. The number of nitrogens with zero attached hydrogens (tertiary/aromatic N) is 2. The summed E-state index contributed by atoms with van der Waals surface area (Å²) >= 11 is 0. The second kappa shape index (κ2) is 4.84. The van der Waals surface area contributed by atoms with E-state index >= 15 is 0 Å². The number of hydrogen-bond donors (Lipinski definition) is 1. The lowest BCUT2D eigenvalue weighted by atomic mass is 10.0. The van der Waals surface area contributed by atoms with E-state index in [4.69, 9.17) is 4.74 Å². The van der Waals surface area contributed by atoms with E-state index in [2.05, 4.69) is 15.0 Å². The summed E-state index contributed by atoms with van der Waals surface area (Å²) in [5, 5.41) is 0. The standard InChI is InChI=1S/C13H17N3O/c1-2-9-17-10(4-1)6-7-12-15-11-5-3-8-14-13(11)16-12/h3,5,8,10H,1-2,4,6-7,9H2,(H,14,15,16). The minimum absolute atomic E-state index is 0.421. The quantitative estimate of drug-likeness (QED) is 0.882. The van der Waals surface area contributed by atoms with Crippen LogP contribution in [-0.2, 0) is 11.2 Å². The molecule has 2 aromatic rings. The number of hydrogen-bond acceptors (Lipinski definition) is 3. The molecule has 0 spiro atoms. The number of aromatic amines is 1. The largest absolute Gasteiger partial charge is 0.378 e. The van der Waals surface area contributed by atoms with Crippen molar-refractivity contribution in [3.8, 4) is 0 Å². The summed E-state index contributed by atoms with van der Waals surface area (Å²) in [4.78, 5) is 12.0. The van der Waals surface area contributed by atoms with Crippen LogP contribution in [0.25, 0.3) is 11.2 Å². The van der Waals surface area contributed by atoms with Crippen molar-refractivity contribution >= 4 is 11.2 Å². The predicted molar refractivity (Wildman–Crippen MR) is 65.8 cm³/mol. The molecule has 17 heavy (non-hydrogen) atoms. The fourth-order valence-electron chi connectivity index (χ4n) is 2.35. The molecule has 2 aromatic heterocycles. The Morgan fingerprint density at radius 3 is 3.24 bits per heavy atom. The number of ether oxygens (including phenoxy) is 1. The van der Waals surface area contributed by atoms with Gasteiger partial charge in [-0.25, -0.2) is 9.97 Å². The van der Waals surface area contributed by atoms with Crippen LogP contribution in [-0.4, -0.2) is 27.7 Å². The zero-order chi connectivity index (χ0) is 11.5. The molecule has 3 heterocycles. The minimum atomic E-state index is 0.421. The maximum absolute atomic E-state index is 5.72. The third-order valence-corrected chi connectivity index (χ3v) is 3.28. The third-order valence-electron chi connectivity index (χ3n) is 3.28. The van der Waals surface area contributed by atoms with Crippen LogP contribution in [0.3, 0.4) is 0 Å². The van der Waals surface area contributed by atoms with Crippen molar-refractivity contribution in [2.45, 2.75) is 38.2 Å². The number of aryl methyl sites for hydroxylation is 1. The van der Waals surface area contributed by atoms with E-state index in [1.807, 2.05) is 12.1 Å². The third kappa shape index (κ3) is 2.47. The molecule has 90 valence electrons. The molecule has 0 aliphatic carbocycles. The van der Waals surface area contributed by atoms with Gasteiger partial charge in [0, 0.05) is 19.2 Å². The summed E-state index contributed by atoms with van der Waals surface area (Å²) in [5.41, 5.74) is 1.83. The number of rotatable bonds is 3. The van der Waals surface area contributed by atoms with E-state index in [1.165, 1.54) is 19.3 Å². The number of pyridine rings is 1. The smallest absolute Gasteiger partial charge is 0.177 e. The summed E-state index contributed by atoms with van der Waals surface area (Å²) in [7, 11) is 0. The molecule has 4 nitrogen and oxygen atoms in total. The molecule has 0 saturated carbocycles. The van der Waals surface area contributed by atoms with Crippen LogP contribution in [0.2, 0.25) is 0 Å². The summed E-state index contributed by atoms with van der Waals surface area (Å²) in [5.74, 6) is 1.02. The first-order chi connectivity index (χ1) is 8.42. The average molecular weight is 231 g/mol. The van der Waals surface area contributed by atoms with Gasteiger partial charge in [0.05, 0.1) is 11.6 Å². The molecule has 0 radical (unpaired) electrons. The maximum atomic E-state index is 5.72. The number of fused-ring (bicyclic) bond motifs is 1. The van der Waals surface area contributed by atoms with Crippen molar-refractivity contribution < 1.29 is 4.74 Å². The molecule has 1 aliphatic heterocycles. The Hall–Kier alpha value is -1.42. The van der Waals surface area contributed by atoms with Crippen LogP contribution >= 0.6 is 0 Å². The Kier molecular flexibility index (Phi) is 3.05. The second-order valence-corrected chi connectivity index (χ2v) is 4.59. The molecule has 4 heteroatoms. The fraction of sp³-hybridized carbons (Fsp3) is 0.538. The van der Waals surface area contributed by atoms with Gasteiger partial charge in [-0.05, 0) is 37.8 Å². The van der Waals surface area contributed by atoms with Crippen LogP contribution in [0, 0.1) is 0 Å². The van der Waals surface area contributed by atoms with Crippen molar-refractivity contribution in [2.24, 2.45) is 0 Å². The minimum Gasteiger partial charge on any atom is -0.378 e. The van der Waals surface area contributed by atoms with E-state index in [-0.39, 0.29) is 0 Å².